The maximum absolute atomic E-state index is 11.5. The summed E-state index contributed by atoms with van der Waals surface area (Å²) in [6, 6.07) is 5.27. The van der Waals surface area contributed by atoms with Crippen LogP contribution >= 0.6 is 11.6 Å². The highest BCUT2D eigenvalue weighted by molar-refractivity contribution is 6.32. The van der Waals surface area contributed by atoms with Crippen LogP contribution < -0.4 is 4.74 Å². The van der Waals surface area contributed by atoms with Crippen LogP contribution in [0.4, 0.5) is 0 Å². The number of benzene rings is 1. The molecule has 0 N–H and O–H groups in total. The highest BCUT2D eigenvalue weighted by Gasteiger charge is 2.16. The lowest BCUT2D eigenvalue weighted by atomic mass is 10.1. The lowest BCUT2D eigenvalue weighted by Gasteiger charge is -2.10. The number of halogens is 1. The maximum Gasteiger partial charge on any atom is 0.306 e. The molecule has 2 aromatic rings. The molecule has 0 unspecified atom stereocenters. The zero-order valence-electron chi connectivity index (χ0n) is 13.8. The zero-order chi connectivity index (χ0) is 17.7. The van der Waals surface area contributed by atoms with Crippen molar-refractivity contribution in [2.45, 2.75) is 26.7 Å². The van der Waals surface area contributed by atoms with E-state index >= 15 is 0 Å². The summed E-state index contributed by atoms with van der Waals surface area (Å²) in [5.41, 5.74) is 1.84. The SMILES string of the molecule is CCOC(=O)CCc1ccc(Cl)c(Oc2c(C=O)c(C)nn2C)c1. The molecule has 1 heterocycles. The van der Waals surface area contributed by atoms with E-state index in [0.717, 1.165) is 5.56 Å². The van der Waals surface area contributed by atoms with Gasteiger partial charge in [0.15, 0.2) is 6.29 Å². The number of rotatable bonds is 7. The van der Waals surface area contributed by atoms with Gasteiger partial charge >= 0.3 is 5.97 Å². The summed E-state index contributed by atoms with van der Waals surface area (Å²) in [7, 11) is 1.69. The molecule has 6 nitrogen and oxygen atoms in total. The Balaban J connectivity index is 2.20. The number of aldehydes is 1. The van der Waals surface area contributed by atoms with Crippen LogP contribution in [-0.2, 0) is 23.0 Å². The molecule has 7 heteroatoms. The van der Waals surface area contributed by atoms with E-state index in [1.165, 1.54) is 4.68 Å². The third-order valence-corrected chi connectivity index (χ3v) is 3.77. The van der Waals surface area contributed by atoms with Gasteiger partial charge in [0.2, 0.25) is 5.88 Å². The van der Waals surface area contributed by atoms with E-state index in [-0.39, 0.29) is 12.4 Å². The Morgan fingerprint density at radius 3 is 2.83 bits per heavy atom. The third-order valence-electron chi connectivity index (χ3n) is 3.46. The molecule has 0 saturated heterocycles. The minimum atomic E-state index is -0.250. The summed E-state index contributed by atoms with van der Waals surface area (Å²) < 4.78 is 12.2. The fourth-order valence-electron chi connectivity index (χ4n) is 2.28. The minimum Gasteiger partial charge on any atom is -0.466 e. The van der Waals surface area contributed by atoms with Crippen LogP contribution in [0.25, 0.3) is 0 Å². The van der Waals surface area contributed by atoms with Gasteiger partial charge in [0, 0.05) is 13.5 Å². The van der Waals surface area contributed by atoms with E-state index in [1.54, 1.807) is 33.0 Å². The van der Waals surface area contributed by atoms with Crippen LogP contribution in [0.2, 0.25) is 5.02 Å². The molecule has 1 aromatic heterocycles. The summed E-state index contributed by atoms with van der Waals surface area (Å²) >= 11 is 6.18. The number of hydrogen-bond donors (Lipinski definition) is 0. The van der Waals surface area contributed by atoms with Gasteiger partial charge in [-0.25, -0.2) is 4.68 Å². The van der Waals surface area contributed by atoms with Crippen LogP contribution in [0.5, 0.6) is 11.6 Å². The Labute approximate surface area is 145 Å². The molecular weight excluding hydrogens is 332 g/mol. The Hall–Kier alpha value is -2.34. The van der Waals surface area contributed by atoms with Crippen molar-refractivity contribution >= 4 is 23.9 Å². The number of carbonyl (C=O) groups is 2. The van der Waals surface area contributed by atoms with Gasteiger partial charge in [-0.15, -0.1) is 0 Å². The first kappa shape index (κ1) is 18.0. The van der Waals surface area contributed by atoms with E-state index in [2.05, 4.69) is 5.10 Å². The maximum atomic E-state index is 11.5. The summed E-state index contributed by atoms with van der Waals surface area (Å²) in [5.74, 6) is 0.483. The van der Waals surface area contributed by atoms with Crippen molar-refractivity contribution < 1.29 is 19.1 Å². The minimum absolute atomic E-state index is 0.250. The van der Waals surface area contributed by atoms with Crippen molar-refractivity contribution in [1.29, 1.82) is 0 Å². The number of hydrogen-bond acceptors (Lipinski definition) is 5. The Morgan fingerprint density at radius 1 is 1.42 bits per heavy atom. The molecule has 0 radical (unpaired) electrons. The standard InChI is InChI=1S/C17H19ClN2O4/c1-4-23-16(22)8-6-12-5-7-14(18)15(9-12)24-17-13(10-21)11(2)19-20(17)3/h5,7,9-10H,4,6,8H2,1-3H3. The number of nitrogens with zero attached hydrogens (tertiary/aromatic N) is 2. The van der Waals surface area contributed by atoms with Gasteiger partial charge in [0.1, 0.15) is 5.75 Å². The first-order chi connectivity index (χ1) is 11.5. The lowest BCUT2D eigenvalue weighted by Crippen LogP contribution is -2.05. The summed E-state index contributed by atoms with van der Waals surface area (Å²) in [5, 5.41) is 4.57. The smallest absolute Gasteiger partial charge is 0.306 e. The number of aryl methyl sites for hydroxylation is 3. The fraction of sp³-hybridized carbons (Fsp3) is 0.353. The summed E-state index contributed by atoms with van der Waals surface area (Å²) in [6.07, 6.45) is 1.49. The van der Waals surface area contributed by atoms with E-state index in [0.29, 0.717) is 47.2 Å². The zero-order valence-corrected chi connectivity index (χ0v) is 14.6. The van der Waals surface area contributed by atoms with Crippen molar-refractivity contribution in [2.24, 2.45) is 7.05 Å². The molecular formula is C17H19ClN2O4. The van der Waals surface area contributed by atoms with Gasteiger partial charge in [0.05, 0.1) is 22.9 Å². The van der Waals surface area contributed by atoms with Gasteiger partial charge in [-0.2, -0.15) is 5.10 Å². The first-order valence-electron chi connectivity index (χ1n) is 7.57. The van der Waals surface area contributed by atoms with Crippen molar-refractivity contribution in [1.82, 2.24) is 9.78 Å². The largest absolute Gasteiger partial charge is 0.466 e. The number of aromatic nitrogens is 2. The molecule has 0 amide bonds. The number of carbonyl (C=O) groups excluding carboxylic acids is 2. The third kappa shape index (κ3) is 4.14. The van der Waals surface area contributed by atoms with Gasteiger partial charge in [-0.1, -0.05) is 17.7 Å². The molecule has 0 aliphatic heterocycles. The van der Waals surface area contributed by atoms with E-state index in [4.69, 9.17) is 21.1 Å². The highest BCUT2D eigenvalue weighted by Crippen LogP contribution is 2.32. The molecule has 0 saturated carbocycles. The van der Waals surface area contributed by atoms with E-state index < -0.39 is 0 Å². The van der Waals surface area contributed by atoms with Crippen LogP contribution in [0.15, 0.2) is 18.2 Å². The molecule has 1 aromatic carbocycles. The van der Waals surface area contributed by atoms with E-state index in [9.17, 15) is 9.59 Å². The van der Waals surface area contributed by atoms with E-state index in [1.807, 2.05) is 6.07 Å². The summed E-state index contributed by atoms with van der Waals surface area (Å²) in [4.78, 5) is 22.7. The Bertz CT molecular complexity index is 755. The molecule has 0 spiro atoms. The van der Waals surface area contributed by atoms with Crippen LogP contribution in [0.1, 0.15) is 35.0 Å². The van der Waals surface area contributed by atoms with Crippen molar-refractivity contribution in [3.05, 3.63) is 40.0 Å². The van der Waals surface area contributed by atoms with Crippen molar-refractivity contribution in [3.8, 4) is 11.6 Å². The average Bonchev–Trinajstić information content (AvgIpc) is 2.81. The van der Waals surface area contributed by atoms with Crippen LogP contribution in [0, 0.1) is 6.92 Å². The second kappa shape index (κ2) is 7.97. The molecule has 128 valence electrons. The molecule has 0 fully saturated rings. The van der Waals surface area contributed by atoms with Gasteiger partial charge in [0.25, 0.3) is 0 Å². The lowest BCUT2D eigenvalue weighted by molar-refractivity contribution is -0.143. The fourth-order valence-corrected chi connectivity index (χ4v) is 2.43. The Morgan fingerprint density at radius 2 is 2.17 bits per heavy atom. The van der Waals surface area contributed by atoms with Crippen molar-refractivity contribution in [3.63, 3.8) is 0 Å². The monoisotopic (exact) mass is 350 g/mol. The topological polar surface area (TPSA) is 70.4 Å². The molecule has 0 aliphatic rings. The highest BCUT2D eigenvalue weighted by atomic mass is 35.5. The Kier molecular flexibility index (Phi) is 5.98. The molecule has 0 aliphatic carbocycles. The summed E-state index contributed by atoms with van der Waals surface area (Å²) in [6.45, 7) is 3.86. The number of esters is 1. The normalized spacial score (nSPS) is 10.5. The molecule has 0 bridgehead atoms. The van der Waals surface area contributed by atoms with Crippen molar-refractivity contribution in [2.75, 3.05) is 6.61 Å². The number of ether oxygens (including phenoxy) is 2. The predicted octanol–water partition coefficient (Wildman–Crippen LogP) is 3.48. The first-order valence-corrected chi connectivity index (χ1v) is 7.94. The average molecular weight is 351 g/mol. The second-order valence-electron chi connectivity index (χ2n) is 5.22. The molecule has 24 heavy (non-hydrogen) atoms. The van der Waals surface area contributed by atoms with Crippen LogP contribution in [-0.4, -0.2) is 28.6 Å². The van der Waals surface area contributed by atoms with Gasteiger partial charge in [-0.05, 0) is 38.0 Å². The van der Waals surface area contributed by atoms with Crippen LogP contribution in [0.3, 0.4) is 0 Å². The molecule has 2 rings (SSSR count). The molecule has 0 atom stereocenters. The predicted molar refractivity (Wildman–Crippen MR) is 89.8 cm³/mol. The van der Waals surface area contributed by atoms with Gasteiger partial charge in [-0.3, -0.25) is 9.59 Å². The quantitative estimate of drug-likeness (QED) is 0.564. The second-order valence-corrected chi connectivity index (χ2v) is 5.62. The van der Waals surface area contributed by atoms with Gasteiger partial charge < -0.3 is 9.47 Å².